The van der Waals surface area contributed by atoms with Crippen molar-refractivity contribution < 1.29 is 27.5 Å². The van der Waals surface area contributed by atoms with Crippen molar-refractivity contribution >= 4 is 27.5 Å². The van der Waals surface area contributed by atoms with Gasteiger partial charge in [0.2, 0.25) is 0 Å². The summed E-state index contributed by atoms with van der Waals surface area (Å²) in [6, 6.07) is 4.31. The zero-order valence-electron chi connectivity index (χ0n) is 17.2. The van der Waals surface area contributed by atoms with Crippen LogP contribution in [0.3, 0.4) is 0 Å². The van der Waals surface area contributed by atoms with Gasteiger partial charge < -0.3 is 14.8 Å². The number of nitrogens with one attached hydrogen (secondary N) is 1. The van der Waals surface area contributed by atoms with E-state index in [-0.39, 0.29) is 27.4 Å². The Hall–Kier alpha value is -1.27. The van der Waals surface area contributed by atoms with Crippen LogP contribution in [0.4, 0.5) is 0 Å². The van der Waals surface area contributed by atoms with Crippen molar-refractivity contribution in [3.05, 3.63) is 28.8 Å². The van der Waals surface area contributed by atoms with Crippen molar-refractivity contribution in [2.24, 2.45) is 5.92 Å². The largest absolute Gasteiger partial charge is 0.381 e. The second kappa shape index (κ2) is 10.4. The molecule has 2 aliphatic rings. The van der Waals surface area contributed by atoms with E-state index in [1.165, 1.54) is 32.4 Å². The normalized spacial score (nSPS) is 21.7. The zero-order valence-corrected chi connectivity index (χ0v) is 18.7. The Bertz CT molecular complexity index is 841. The Balaban J connectivity index is 1.73. The van der Waals surface area contributed by atoms with Gasteiger partial charge in [-0.1, -0.05) is 16.1 Å². The molecule has 0 saturated carbocycles. The Morgan fingerprint density at radius 3 is 2.70 bits per heavy atom. The van der Waals surface area contributed by atoms with Gasteiger partial charge in [0.25, 0.3) is 15.9 Å². The fraction of sp³-hybridized carbons (Fsp3) is 0.632. The summed E-state index contributed by atoms with van der Waals surface area (Å²) in [7, 11) is -1.48. The van der Waals surface area contributed by atoms with Crippen LogP contribution < -0.4 is 5.32 Å². The van der Waals surface area contributed by atoms with E-state index in [9.17, 15) is 13.2 Å². The van der Waals surface area contributed by atoms with Crippen LogP contribution in [0.15, 0.2) is 23.1 Å². The molecule has 0 radical (unpaired) electrons. The number of hydrogen-bond donors (Lipinski definition) is 1. The molecular formula is C19H28ClN3O6S. The predicted octanol–water partition coefficient (Wildman–Crippen LogP) is 0.989. The second-order valence-electron chi connectivity index (χ2n) is 7.29. The zero-order chi connectivity index (χ0) is 21.7. The smallest absolute Gasteiger partial charge is 0.266 e. The molecule has 2 atom stereocenters. The number of sulfonamides is 1. The van der Waals surface area contributed by atoms with Gasteiger partial charge in [-0.2, -0.15) is 0 Å². The van der Waals surface area contributed by atoms with Crippen LogP contribution in [0.2, 0.25) is 5.02 Å². The molecule has 0 bridgehead atoms. The fourth-order valence-corrected chi connectivity index (χ4v) is 5.21. The van der Waals surface area contributed by atoms with Crippen LogP contribution in [0.1, 0.15) is 16.8 Å². The summed E-state index contributed by atoms with van der Waals surface area (Å²) in [5.41, 5.74) is 0.214. The van der Waals surface area contributed by atoms with E-state index >= 15 is 0 Å². The summed E-state index contributed by atoms with van der Waals surface area (Å²) in [5, 5.41) is 2.97. The second-order valence-corrected chi connectivity index (χ2v) is 9.60. The molecule has 3 rings (SSSR count). The van der Waals surface area contributed by atoms with Gasteiger partial charge in [-0.3, -0.25) is 14.5 Å². The van der Waals surface area contributed by atoms with Crippen molar-refractivity contribution in [1.82, 2.24) is 14.7 Å². The standard InChI is InChI=1S/C19H28ClN3O6S/c1-22(27-2)30(25,26)18-11-14(3-4-16(18)20)19(24)21-12-17(15-5-8-29-13-15)23-6-9-28-10-7-23/h3-4,11,15,17H,5-10,12-13H2,1-2H3,(H,21,24). The summed E-state index contributed by atoms with van der Waals surface area (Å²) in [6.07, 6.45) is 0.949. The first-order chi connectivity index (χ1) is 14.3. The molecule has 1 aromatic carbocycles. The number of hydroxylamine groups is 1. The molecule has 0 spiro atoms. The molecule has 2 aliphatic heterocycles. The van der Waals surface area contributed by atoms with Crippen LogP contribution in [0.25, 0.3) is 0 Å². The first-order valence-corrected chi connectivity index (χ1v) is 11.7. The van der Waals surface area contributed by atoms with Crippen molar-refractivity contribution in [1.29, 1.82) is 0 Å². The maximum Gasteiger partial charge on any atom is 0.266 e. The van der Waals surface area contributed by atoms with E-state index in [1.807, 2.05) is 0 Å². The quantitative estimate of drug-likeness (QED) is 0.576. The van der Waals surface area contributed by atoms with Gasteiger partial charge in [0.15, 0.2) is 0 Å². The topological polar surface area (TPSA) is 97.4 Å². The highest BCUT2D eigenvalue weighted by atomic mass is 35.5. The van der Waals surface area contributed by atoms with Gasteiger partial charge in [0.05, 0.1) is 32.0 Å². The van der Waals surface area contributed by atoms with E-state index < -0.39 is 10.0 Å². The molecule has 11 heteroatoms. The first kappa shape index (κ1) is 23.4. The number of amides is 1. The summed E-state index contributed by atoms with van der Waals surface area (Å²) in [5.74, 6) is -0.0275. The SMILES string of the molecule is CON(C)S(=O)(=O)c1cc(C(=O)NCC(C2CCOC2)N2CCOCC2)ccc1Cl. The molecule has 1 N–H and O–H groups in total. The molecule has 1 aromatic rings. The van der Waals surface area contributed by atoms with E-state index in [1.54, 1.807) is 0 Å². The minimum atomic E-state index is -3.98. The number of ether oxygens (including phenoxy) is 2. The van der Waals surface area contributed by atoms with Gasteiger partial charge in [0.1, 0.15) is 4.90 Å². The highest BCUT2D eigenvalue weighted by molar-refractivity contribution is 7.89. The van der Waals surface area contributed by atoms with E-state index in [2.05, 4.69) is 10.2 Å². The summed E-state index contributed by atoms with van der Waals surface area (Å²) >= 11 is 6.08. The third kappa shape index (κ3) is 5.31. The third-order valence-electron chi connectivity index (χ3n) is 5.56. The molecular weight excluding hydrogens is 434 g/mol. The monoisotopic (exact) mass is 461 g/mol. The average Bonchev–Trinajstić information content (AvgIpc) is 3.28. The molecule has 2 unspecified atom stereocenters. The van der Waals surface area contributed by atoms with Gasteiger partial charge in [-0.25, -0.2) is 8.42 Å². The lowest BCUT2D eigenvalue weighted by molar-refractivity contribution is -0.0258. The van der Waals surface area contributed by atoms with Crippen molar-refractivity contribution in [2.75, 3.05) is 60.2 Å². The number of carbonyl (C=O) groups is 1. The van der Waals surface area contributed by atoms with E-state index in [0.717, 1.165) is 26.1 Å². The lowest BCUT2D eigenvalue weighted by atomic mass is 9.96. The minimum absolute atomic E-state index is 0.0183. The van der Waals surface area contributed by atoms with Crippen molar-refractivity contribution in [3.63, 3.8) is 0 Å². The number of carbonyl (C=O) groups excluding carboxylic acids is 1. The van der Waals surface area contributed by atoms with Crippen molar-refractivity contribution in [2.45, 2.75) is 17.4 Å². The molecule has 1 amide bonds. The fourth-order valence-electron chi connectivity index (χ4n) is 3.74. The summed E-state index contributed by atoms with van der Waals surface area (Å²) in [6.45, 7) is 4.80. The number of benzene rings is 1. The molecule has 0 aromatic heterocycles. The summed E-state index contributed by atoms with van der Waals surface area (Å²) in [4.78, 5) is 19.7. The first-order valence-electron chi connectivity index (χ1n) is 9.85. The molecule has 30 heavy (non-hydrogen) atoms. The Labute approximate surface area is 182 Å². The lowest BCUT2D eigenvalue weighted by Gasteiger charge is -2.37. The van der Waals surface area contributed by atoms with Gasteiger partial charge in [-0.05, 0) is 24.6 Å². The van der Waals surface area contributed by atoms with Gasteiger partial charge in [-0.15, -0.1) is 0 Å². The Morgan fingerprint density at radius 1 is 1.33 bits per heavy atom. The Morgan fingerprint density at radius 2 is 2.07 bits per heavy atom. The maximum absolute atomic E-state index is 12.8. The highest BCUT2D eigenvalue weighted by Crippen LogP contribution is 2.26. The van der Waals surface area contributed by atoms with Crippen LogP contribution in [0, 0.1) is 5.92 Å². The predicted molar refractivity (Wildman–Crippen MR) is 111 cm³/mol. The van der Waals surface area contributed by atoms with Gasteiger partial charge in [0, 0.05) is 50.8 Å². The van der Waals surface area contributed by atoms with Gasteiger partial charge >= 0.3 is 0 Å². The van der Waals surface area contributed by atoms with Crippen LogP contribution in [0.5, 0.6) is 0 Å². The molecule has 2 heterocycles. The lowest BCUT2D eigenvalue weighted by Crippen LogP contribution is -2.52. The van der Waals surface area contributed by atoms with E-state index in [0.29, 0.717) is 36.8 Å². The van der Waals surface area contributed by atoms with Crippen LogP contribution >= 0.6 is 11.6 Å². The Kier molecular flexibility index (Phi) is 8.08. The van der Waals surface area contributed by atoms with Crippen LogP contribution in [-0.2, 0) is 24.3 Å². The molecule has 2 saturated heterocycles. The number of hydrogen-bond acceptors (Lipinski definition) is 7. The maximum atomic E-state index is 12.8. The summed E-state index contributed by atoms with van der Waals surface area (Å²) < 4.78 is 36.8. The molecule has 0 aliphatic carbocycles. The molecule has 2 fully saturated rings. The third-order valence-corrected chi connectivity index (χ3v) is 7.72. The molecule has 9 nitrogen and oxygen atoms in total. The number of morpholine rings is 1. The molecule has 168 valence electrons. The number of rotatable bonds is 8. The van der Waals surface area contributed by atoms with Crippen molar-refractivity contribution in [3.8, 4) is 0 Å². The highest BCUT2D eigenvalue weighted by Gasteiger charge is 2.32. The minimum Gasteiger partial charge on any atom is -0.381 e. The average molecular weight is 462 g/mol. The number of halogens is 1. The number of nitrogens with zero attached hydrogens (tertiary/aromatic N) is 2. The van der Waals surface area contributed by atoms with E-state index in [4.69, 9.17) is 25.9 Å². The van der Waals surface area contributed by atoms with Crippen LogP contribution in [-0.4, -0.2) is 90.0 Å².